The summed E-state index contributed by atoms with van der Waals surface area (Å²) in [5, 5.41) is 12.4. The average Bonchev–Trinajstić information content (AvgIpc) is 2.57. The maximum atomic E-state index is 11.4. The van der Waals surface area contributed by atoms with E-state index < -0.39 is 5.97 Å². The van der Waals surface area contributed by atoms with Crippen LogP contribution >= 0.6 is 11.8 Å². The first-order chi connectivity index (χ1) is 8.15. The van der Waals surface area contributed by atoms with E-state index in [9.17, 15) is 9.59 Å². The molecular formula is C11H16N2O3S. The van der Waals surface area contributed by atoms with Gasteiger partial charge < -0.3 is 10.4 Å². The summed E-state index contributed by atoms with van der Waals surface area (Å²) in [6.45, 7) is 3.84. The number of hydrogen-bond donors (Lipinski definition) is 2. The molecule has 2 N–H and O–H groups in total. The second kappa shape index (κ2) is 5.10. The number of fused-ring (bicyclic) bond motifs is 1. The number of thioether (sulfide) groups is 1. The molecule has 0 unspecified atom stereocenters. The van der Waals surface area contributed by atoms with Gasteiger partial charge in [-0.25, -0.2) is 4.79 Å². The Balaban J connectivity index is 1.99. The molecule has 17 heavy (non-hydrogen) atoms. The second-order valence-electron chi connectivity index (χ2n) is 4.07. The summed E-state index contributed by atoms with van der Waals surface area (Å²) in [7, 11) is 0. The highest BCUT2D eigenvalue weighted by molar-refractivity contribution is 8.04. The normalized spacial score (nSPS) is 22.8. The number of carbonyl (C=O) groups excluding carboxylic acids is 1. The number of β-lactam (4-membered cyclic amide) rings is 1. The largest absolute Gasteiger partial charge is 0.477 e. The zero-order valence-electron chi connectivity index (χ0n) is 9.73. The van der Waals surface area contributed by atoms with Crippen LogP contribution in [0.4, 0.5) is 0 Å². The van der Waals surface area contributed by atoms with Crippen molar-refractivity contribution in [2.45, 2.75) is 31.6 Å². The standard InChI is InChI=1S/C11H16N2O3S/c1-2-12-5-3-4-7-10(11(15)16)13-8(14)6-9(13)17-7/h9,12H,2-6H2,1H3,(H,15,16)/t9-/m1/s1. The van der Waals surface area contributed by atoms with Crippen LogP contribution in [0, 0.1) is 0 Å². The SMILES string of the molecule is CCNCCCC1=C(C(=O)O)N2C(=O)C[C@H]2S1. The molecule has 1 amide bonds. The number of carboxylic acid groups (broad SMARTS) is 1. The number of carbonyl (C=O) groups is 2. The molecule has 2 rings (SSSR count). The van der Waals surface area contributed by atoms with Gasteiger partial charge >= 0.3 is 5.97 Å². The van der Waals surface area contributed by atoms with Crippen LogP contribution in [0.2, 0.25) is 0 Å². The van der Waals surface area contributed by atoms with Crippen LogP contribution in [-0.2, 0) is 9.59 Å². The molecule has 0 aliphatic carbocycles. The first-order valence-corrected chi connectivity index (χ1v) is 6.69. The number of allylic oxidation sites excluding steroid dienone is 1. The molecule has 5 nitrogen and oxygen atoms in total. The van der Waals surface area contributed by atoms with Gasteiger partial charge in [0.15, 0.2) is 0 Å². The van der Waals surface area contributed by atoms with Crippen molar-refractivity contribution in [3.8, 4) is 0 Å². The highest BCUT2D eigenvalue weighted by Gasteiger charge is 2.47. The van der Waals surface area contributed by atoms with Crippen LogP contribution in [0.1, 0.15) is 26.2 Å². The van der Waals surface area contributed by atoms with E-state index in [1.807, 2.05) is 6.92 Å². The molecule has 0 aromatic heterocycles. The van der Waals surface area contributed by atoms with E-state index in [1.165, 1.54) is 16.7 Å². The molecule has 0 aromatic rings. The molecule has 2 aliphatic heterocycles. The molecule has 1 fully saturated rings. The predicted octanol–water partition coefficient (Wildman–Crippen LogP) is 0.977. The number of carboxylic acids is 1. The van der Waals surface area contributed by atoms with Gasteiger partial charge in [0.1, 0.15) is 5.70 Å². The third-order valence-corrected chi connectivity index (χ3v) is 4.23. The number of nitrogens with zero attached hydrogens (tertiary/aromatic N) is 1. The second-order valence-corrected chi connectivity index (χ2v) is 5.35. The van der Waals surface area contributed by atoms with Gasteiger partial charge in [-0.15, -0.1) is 11.8 Å². The monoisotopic (exact) mass is 256 g/mol. The maximum absolute atomic E-state index is 11.4. The van der Waals surface area contributed by atoms with Gasteiger partial charge in [0.2, 0.25) is 5.91 Å². The summed E-state index contributed by atoms with van der Waals surface area (Å²) in [4.78, 5) is 24.8. The average molecular weight is 256 g/mol. The van der Waals surface area contributed by atoms with Crippen molar-refractivity contribution in [2.24, 2.45) is 0 Å². The maximum Gasteiger partial charge on any atom is 0.353 e. The fourth-order valence-electron chi connectivity index (χ4n) is 2.05. The van der Waals surface area contributed by atoms with Crippen LogP contribution in [-0.4, -0.2) is 40.3 Å². The van der Waals surface area contributed by atoms with Gasteiger partial charge in [-0.05, 0) is 25.9 Å². The Morgan fingerprint density at radius 1 is 1.65 bits per heavy atom. The number of amides is 1. The zero-order chi connectivity index (χ0) is 12.4. The van der Waals surface area contributed by atoms with Gasteiger partial charge in [0.25, 0.3) is 0 Å². The van der Waals surface area contributed by atoms with Crippen molar-refractivity contribution in [2.75, 3.05) is 13.1 Å². The Labute approximate surface area is 104 Å². The number of hydrogen-bond acceptors (Lipinski definition) is 4. The van der Waals surface area contributed by atoms with Gasteiger partial charge in [0.05, 0.1) is 11.8 Å². The molecule has 0 saturated carbocycles. The summed E-state index contributed by atoms with van der Waals surface area (Å²) in [5.41, 5.74) is 0.216. The molecule has 94 valence electrons. The molecule has 2 heterocycles. The Bertz CT molecular complexity index is 381. The van der Waals surface area contributed by atoms with Crippen molar-refractivity contribution < 1.29 is 14.7 Å². The van der Waals surface area contributed by atoms with E-state index in [0.29, 0.717) is 6.42 Å². The fraction of sp³-hybridized carbons (Fsp3) is 0.636. The van der Waals surface area contributed by atoms with E-state index >= 15 is 0 Å². The van der Waals surface area contributed by atoms with E-state index in [0.717, 1.165) is 30.8 Å². The number of nitrogens with one attached hydrogen (secondary N) is 1. The molecular weight excluding hydrogens is 240 g/mol. The van der Waals surface area contributed by atoms with Gasteiger partial charge in [-0.2, -0.15) is 0 Å². The molecule has 0 radical (unpaired) electrons. The molecule has 0 aromatic carbocycles. The summed E-state index contributed by atoms with van der Waals surface area (Å²) >= 11 is 1.53. The number of aliphatic carboxylic acids is 1. The minimum absolute atomic E-state index is 0.0442. The van der Waals surface area contributed by atoms with Crippen molar-refractivity contribution >= 4 is 23.6 Å². The van der Waals surface area contributed by atoms with Crippen LogP contribution < -0.4 is 5.32 Å². The lowest BCUT2D eigenvalue weighted by Gasteiger charge is -2.33. The van der Waals surface area contributed by atoms with E-state index in [2.05, 4.69) is 5.32 Å². The first kappa shape index (κ1) is 12.4. The summed E-state index contributed by atoms with van der Waals surface area (Å²) in [5.74, 6) is -1.05. The molecule has 1 atom stereocenters. The van der Waals surface area contributed by atoms with Gasteiger partial charge in [0, 0.05) is 4.91 Å². The summed E-state index contributed by atoms with van der Waals surface area (Å²) < 4.78 is 0. The van der Waals surface area contributed by atoms with E-state index in [-0.39, 0.29) is 17.0 Å². The third kappa shape index (κ3) is 2.32. The summed E-state index contributed by atoms with van der Waals surface area (Å²) in [6.07, 6.45) is 2.11. The lowest BCUT2D eigenvalue weighted by atomic mass is 10.1. The lowest BCUT2D eigenvalue weighted by Crippen LogP contribution is -2.48. The van der Waals surface area contributed by atoms with Crippen LogP contribution in [0.5, 0.6) is 0 Å². The Morgan fingerprint density at radius 2 is 2.41 bits per heavy atom. The predicted molar refractivity (Wildman–Crippen MR) is 65.3 cm³/mol. The van der Waals surface area contributed by atoms with Crippen molar-refractivity contribution in [3.05, 3.63) is 10.6 Å². The molecule has 0 bridgehead atoms. The summed E-state index contributed by atoms with van der Waals surface area (Å²) in [6, 6.07) is 0. The van der Waals surface area contributed by atoms with Crippen molar-refractivity contribution in [1.82, 2.24) is 10.2 Å². The highest BCUT2D eigenvalue weighted by atomic mass is 32.2. The third-order valence-electron chi connectivity index (χ3n) is 2.90. The molecule has 1 saturated heterocycles. The van der Waals surface area contributed by atoms with Crippen molar-refractivity contribution in [3.63, 3.8) is 0 Å². The van der Waals surface area contributed by atoms with Gasteiger partial charge in [-0.3, -0.25) is 9.69 Å². The lowest BCUT2D eigenvalue weighted by molar-refractivity contribution is -0.145. The smallest absolute Gasteiger partial charge is 0.353 e. The van der Waals surface area contributed by atoms with Crippen molar-refractivity contribution in [1.29, 1.82) is 0 Å². The number of rotatable bonds is 6. The topological polar surface area (TPSA) is 69.6 Å². The Hall–Kier alpha value is -1.01. The Kier molecular flexibility index (Phi) is 3.73. The molecule has 0 spiro atoms. The minimum Gasteiger partial charge on any atom is -0.477 e. The van der Waals surface area contributed by atoms with Gasteiger partial charge in [-0.1, -0.05) is 6.92 Å². The minimum atomic E-state index is -0.980. The quantitative estimate of drug-likeness (QED) is 0.547. The van der Waals surface area contributed by atoms with E-state index in [1.54, 1.807) is 0 Å². The zero-order valence-corrected chi connectivity index (χ0v) is 10.5. The van der Waals surface area contributed by atoms with Crippen LogP contribution in [0.15, 0.2) is 10.6 Å². The molecule has 2 aliphatic rings. The first-order valence-electron chi connectivity index (χ1n) is 5.81. The van der Waals surface area contributed by atoms with Crippen LogP contribution in [0.25, 0.3) is 0 Å². The highest BCUT2D eigenvalue weighted by Crippen LogP contribution is 2.47. The fourth-order valence-corrected chi connectivity index (χ4v) is 3.50. The van der Waals surface area contributed by atoms with Crippen LogP contribution in [0.3, 0.4) is 0 Å². The van der Waals surface area contributed by atoms with E-state index in [4.69, 9.17) is 5.11 Å². The Morgan fingerprint density at radius 3 is 3.00 bits per heavy atom. The molecule has 6 heteroatoms.